The summed E-state index contributed by atoms with van der Waals surface area (Å²) in [5, 5.41) is 0.276. The van der Waals surface area contributed by atoms with Crippen LogP contribution in [-0.2, 0) is 10.0 Å². The van der Waals surface area contributed by atoms with Gasteiger partial charge in [-0.3, -0.25) is 0 Å². The smallest absolute Gasteiger partial charge is 0.244 e. The number of hydrogen-bond donors (Lipinski definition) is 1. The highest BCUT2D eigenvalue weighted by Crippen LogP contribution is 2.27. The number of piperidine rings is 1. The van der Waals surface area contributed by atoms with Crippen molar-refractivity contribution >= 4 is 21.6 Å². The van der Waals surface area contributed by atoms with Crippen LogP contribution in [-0.4, -0.2) is 32.4 Å². The second-order valence-electron chi connectivity index (χ2n) is 4.51. The molecule has 0 spiro atoms. The molecular formula is C12H17ClN2O2S. The Morgan fingerprint density at radius 1 is 1.28 bits per heavy atom. The van der Waals surface area contributed by atoms with Crippen molar-refractivity contribution < 1.29 is 8.42 Å². The summed E-state index contributed by atoms with van der Waals surface area (Å²) in [5.74, 6) is 0.433. The Balaban J connectivity index is 2.20. The normalized spacial score (nSPS) is 19.0. The summed E-state index contributed by atoms with van der Waals surface area (Å²) in [7, 11) is -3.46. The van der Waals surface area contributed by atoms with Gasteiger partial charge in [0.1, 0.15) is 4.90 Å². The van der Waals surface area contributed by atoms with E-state index in [1.807, 2.05) is 0 Å². The van der Waals surface area contributed by atoms with Crippen molar-refractivity contribution in [1.29, 1.82) is 0 Å². The maximum atomic E-state index is 12.4. The van der Waals surface area contributed by atoms with Crippen molar-refractivity contribution in [3.05, 3.63) is 29.3 Å². The summed E-state index contributed by atoms with van der Waals surface area (Å²) in [6.45, 7) is 1.67. The minimum atomic E-state index is -3.46. The van der Waals surface area contributed by atoms with Crippen LogP contribution in [0.25, 0.3) is 0 Å². The quantitative estimate of drug-likeness (QED) is 0.921. The Hall–Kier alpha value is -0.620. The van der Waals surface area contributed by atoms with Gasteiger partial charge in [-0.25, -0.2) is 8.42 Å². The van der Waals surface area contributed by atoms with Gasteiger partial charge in [-0.15, -0.1) is 0 Å². The largest absolute Gasteiger partial charge is 0.330 e. The second-order valence-corrected chi connectivity index (χ2v) is 6.83. The van der Waals surface area contributed by atoms with Crippen LogP contribution >= 0.6 is 11.6 Å². The molecule has 2 N–H and O–H groups in total. The molecule has 4 nitrogen and oxygen atoms in total. The topological polar surface area (TPSA) is 63.4 Å². The monoisotopic (exact) mass is 288 g/mol. The first-order valence-electron chi connectivity index (χ1n) is 6.00. The fraction of sp³-hybridized carbons (Fsp3) is 0.500. The van der Waals surface area contributed by atoms with E-state index in [1.165, 1.54) is 4.31 Å². The van der Waals surface area contributed by atoms with Crippen molar-refractivity contribution in [3.8, 4) is 0 Å². The van der Waals surface area contributed by atoms with Crippen LogP contribution in [0.1, 0.15) is 12.8 Å². The van der Waals surface area contributed by atoms with E-state index in [1.54, 1.807) is 24.3 Å². The van der Waals surface area contributed by atoms with Gasteiger partial charge in [0.25, 0.3) is 0 Å². The van der Waals surface area contributed by atoms with Crippen LogP contribution in [0.2, 0.25) is 5.02 Å². The van der Waals surface area contributed by atoms with E-state index in [9.17, 15) is 8.42 Å². The first kappa shape index (κ1) is 13.8. The Labute approximate surface area is 113 Å². The third kappa shape index (κ3) is 2.69. The van der Waals surface area contributed by atoms with E-state index in [-0.39, 0.29) is 9.92 Å². The van der Waals surface area contributed by atoms with Crippen LogP contribution < -0.4 is 5.73 Å². The molecule has 0 unspecified atom stereocenters. The van der Waals surface area contributed by atoms with Crippen molar-refractivity contribution in [2.24, 2.45) is 11.7 Å². The van der Waals surface area contributed by atoms with Gasteiger partial charge in [0, 0.05) is 13.1 Å². The third-order valence-corrected chi connectivity index (χ3v) is 5.76. The maximum Gasteiger partial charge on any atom is 0.244 e. The van der Waals surface area contributed by atoms with Gasteiger partial charge in [-0.1, -0.05) is 23.7 Å². The average Bonchev–Trinajstić information content (AvgIpc) is 2.39. The Morgan fingerprint density at radius 2 is 1.89 bits per heavy atom. The molecule has 0 atom stereocenters. The zero-order valence-corrected chi connectivity index (χ0v) is 11.6. The Kier molecular flexibility index (Phi) is 4.27. The van der Waals surface area contributed by atoms with Crippen molar-refractivity contribution in [2.45, 2.75) is 17.7 Å². The molecule has 1 saturated heterocycles. The number of benzene rings is 1. The number of nitrogens with zero attached hydrogens (tertiary/aromatic N) is 1. The Morgan fingerprint density at radius 3 is 2.44 bits per heavy atom. The van der Waals surface area contributed by atoms with Gasteiger partial charge in [-0.2, -0.15) is 4.31 Å². The zero-order valence-electron chi connectivity index (χ0n) is 10.0. The molecule has 0 amide bonds. The molecule has 6 heteroatoms. The van der Waals surface area contributed by atoms with Gasteiger partial charge >= 0.3 is 0 Å². The predicted molar refractivity (Wildman–Crippen MR) is 72.0 cm³/mol. The maximum absolute atomic E-state index is 12.4. The van der Waals surface area contributed by atoms with Crippen molar-refractivity contribution in [3.63, 3.8) is 0 Å². The predicted octanol–water partition coefficient (Wildman–Crippen LogP) is 1.70. The van der Waals surface area contributed by atoms with E-state index in [4.69, 9.17) is 17.3 Å². The average molecular weight is 289 g/mol. The van der Waals surface area contributed by atoms with Crippen LogP contribution in [0.15, 0.2) is 29.2 Å². The molecule has 1 heterocycles. The van der Waals surface area contributed by atoms with E-state index in [0.717, 1.165) is 12.8 Å². The van der Waals surface area contributed by atoms with Crippen molar-refractivity contribution in [2.75, 3.05) is 19.6 Å². The van der Waals surface area contributed by atoms with Crippen LogP contribution in [0.5, 0.6) is 0 Å². The third-order valence-electron chi connectivity index (χ3n) is 3.36. The lowest BCUT2D eigenvalue weighted by Gasteiger charge is -2.30. The lowest BCUT2D eigenvalue weighted by atomic mass is 9.99. The molecule has 0 aliphatic carbocycles. The molecule has 18 heavy (non-hydrogen) atoms. The van der Waals surface area contributed by atoms with Gasteiger partial charge in [0.15, 0.2) is 0 Å². The summed E-state index contributed by atoms with van der Waals surface area (Å²) < 4.78 is 26.3. The highest BCUT2D eigenvalue weighted by atomic mass is 35.5. The molecular weight excluding hydrogens is 272 g/mol. The highest BCUT2D eigenvalue weighted by molar-refractivity contribution is 7.89. The molecule has 0 bridgehead atoms. The van der Waals surface area contributed by atoms with Crippen LogP contribution in [0, 0.1) is 5.92 Å². The second kappa shape index (κ2) is 5.57. The first-order valence-corrected chi connectivity index (χ1v) is 7.82. The molecule has 1 aliphatic rings. The zero-order chi connectivity index (χ0) is 13.2. The minimum Gasteiger partial charge on any atom is -0.330 e. The number of hydrogen-bond acceptors (Lipinski definition) is 3. The summed E-state index contributed by atoms with van der Waals surface area (Å²) in [6.07, 6.45) is 1.64. The summed E-state index contributed by atoms with van der Waals surface area (Å²) in [6, 6.07) is 6.56. The first-order chi connectivity index (χ1) is 8.55. The van der Waals surface area contributed by atoms with E-state index in [0.29, 0.717) is 25.6 Å². The van der Waals surface area contributed by atoms with Gasteiger partial charge in [0.05, 0.1) is 5.02 Å². The highest BCUT2D eigenvalue weighted by Gasteiger charge is 2.30. The summed E-state index contributed by atoms with van der Waals surface area (Å²) in [4.78, 5) is 0.192. The number of halogens is 1. The SMILES string of the molecule is NCC1CCN(S(=O)(=O)c2ccccc2Cl)CC1. The molecule has 0 radical (unpaired) electrons. The van der Waals surface area contributed by atoms with Gasteiger partial charge < -0.3 is 5.73 Å². The standard InChI is InChI=1S/C12H17ClN2O2S/c13-11-3-1-2-4-12(11)18(16,17)15-7-5-10(9-14)6-8-15/h1-4,10H,5-9,14H2. The number of nitrogens with two attached hydrogens (primary N) is 1. The summed E-state index contributed by atoms with van der Waals surface area (Å²) >= 11 is 5.96. The van der Waals surface area contributed by atoms with Crippen LogP contribution in [0.4, 0.5) is 0 Å². The number of sulfonamides is 1. The van der Waals surface area contributed by atoms with Crippen molar-refractivity contribution in [1.82, 2.24) is 4.31 Å². The lowest BCUT2D eigenvalue weighted by Crippen LogP contribution is -2.40. The van der Waals surface area contributed by atoms with E-state index >= 15 is 0 Å². The van der Waals surface area contributed by atoms with Gasteiger partial charge in [-0.05, 0) is 37.4 Å². The molecule has 0 aromatic heterocycles. The lowest BCUT2D eigenvalue weighted by molar-refractivity contribution is 0.278. The van der Waals surface area contributed by atoms with E-state index < -0.39 is 10.0 Å². The molecule has 1 aromatic carbocycles. The van der Waals surface area contributed by atoms with Gasteiger partial charge in [0.2, 0.25) is 10.0 Å². The fourth-order valence-corrected chi connectivity index (χ4v) is 4.14. The van der Waals surface area contributed by atoms with Crippen LogP contribution in [0.3, 0.4) is 0 Å². The molecule has 1 fully saturated rings. The molecule has 1 aliphatic heterocycles. The number of rotatable bonds is 3. The molecule has 0 saturated carbocycles. The Bertz CT molecular complexity index is 511. The fourth-order valence-electron chi connectivity index (χ4n) is 2.18. The molecule has 2 rings (SSSR count). The van der Waals surface area contributed by atoms with E-state index in [2.05, 4.69) is 0 Å². The molecule has 1 aromatic rings. The summed E-state index contributed by atoms with van der Waals surface area (Å²) in [5.41, 5.74) is 5.60. The molecule has 100 valence electrons. The minimum absolute atomic E-state index is 0.192.